The second kappa shape index (κ2) is 4.61. The Morgan fingerprint density at radius 1 is 1.59 bits per heavy atom. The molecule has 1 aliphatic carbocycles. The number of rotatable bonds is 3. The van der Waals surface area contributed by atoms with E-state index < -0.39 is 35.4 Å². The Hall–Kier alpha value is -1.77. The van der Waals surface area contributed by atoms with E-state index in [4.69, 9.17) is 10.5 Å². The smallest absolute Gasteiger partial charge is 0.351 e. The first-order chi connectivity index (χ1) is 10.2. The van der Waals surface area contributed by atoms with Gasteiger partial charge in [0.15, 0.2) is 23.6 Å². The number of alkyl halides is 1. The highest BCUT2D eigenvalue weighted by molar-refractivity contribution is 5.42. The summed E-state index contributed by atoms with van der Waals surface area (Å²) in [7, 11) is 0. The minimum absolute atomic E-state index is 0.00739. The fourth-order valence-electron chi connectivity index (χ4n) is 2.88. The van der Waals surface area contributed by atoms with Crippen molar-refractivity contribution in [3.8, 4) is 0 Å². The first kappa shape index (κ1) is 15.1. The van der Waals surface area contributed by atoms with E-state index in [1.165, 1.54) is 18.3 Å². The number of hydrogen-bond acceptors (Lipinski definition) is 6. The Labute approximate surface area is 125 Å². The van der Waals surface area contributed by atoms with Crippen LogP contribution in [0.1, 0.15) is 20.1 Å². The average Bonchev–Trinajstić information content (AvgIpc) is 2.79. The van der Waals surface area contributed by atoms with Gasteiger partial charge < -0.3 is 20.7 Å². The molecule has 5 unspecified atom stereocenters. The number of halogens is 1. The number of aliphatic hydroxyl groups excluding tert-OH is 1. The van der Waals surface area contributed by atoms with E-state index in [2.05, 4.69) is 4.98 Å². The molecule has 2 heterocycles. The zero-order valence-corrected chi connectivity index (χ0v) is 12.2. The van der Waals surface area contributed by atoms with Gasteiger partial charge in [0.05, 0.1) is 0 Å². The average molecular weight is 311 g/mol. The maximum Gasteiger partial charge on any atom is 0.351 e. The van der Waals surface area contributed by atoms with Crippen LogP contribution < -0.4 is 11.4 Å². The Balaban J connectivity index is 1.97. The Bertz CT molecular complexity index is 691. The van der Waals surface area contributed by atoms with Crippen LogP contribution in [0.15, 0.2) is 29.2 Å². The lowest BCUT2D eigenvalue weighted by molar-refractivity contribution is -0.0802. The molecule has 0 spiro atoms. The Morgan fingerprint density at radius 3 is 2.86 bits per heavy atom. The summed E-state index contributed by atoms with van der Waals surface area (Å²) in [6.07, 6.45) is -0.292. The van der Waals surface area contributed by atoms with E-state index >= 15 is 0 Å². The third-order valence-corrected chi connectivity index (χ3v) is 4.21. The van der Waals surface area contributed by atoms with Crippen molar-refractivity contribution in [3.05, 3.63) is 34.9 Å². The lowest BCUT2D eigenvalue weighted by Gasteiger charge is -2.21. The highest BCUT2D eigenvalue weighted by atomic mass is 19.1. The normalized spacial score (nSPS) is 40.4. The summed E-state index contributed by atoms with van der Waals surface area (Å²) in [5, 5.41) is 20.3. The molecule has 1 aromatic rings. The van der Waals surface area contributed by atoms with E-state index in [-0.39, 0.29) is 11.7 Å². The Kier molecular flexibility index (Phi) is 3.17. The summed E-state index contributed by atoms with van der Waals surface area (Å²) >= 11 is 0. The molecule has 22 heavy (non-hydrogen) atoms. The van der Waals surface area contributed by atoms with Crippen molar-refractivity contribution in [2.45, 2.75) is 43.6 Å². The molecule has 0 aromatic carbocycles. The van der Waals surface area contributed by atoms with Crippen molar-refractivity contribution in [3.63, 3.8) is 0 Å². The zero-order chi connectivity index (χ0) is 16.3. The number of allylic oxidation sites excluding steroid dienone is 1. The predicted molar refractivity (Wildman–Crippen MR) is 75.6 cm³/mol. The third kappa shape index (κ3) is 1.77. The van der Waals surface area contributed by atoms with Crippen LogP contribution in [0.5, 0.6) is 0 Å². The monoisotopic (exact) mass is 311 g/mol. The quantitative estimate of drug-likeness (QED) is 0.664. The first-order valence-corrected chi connectivity index (χ1v) is 7.00. The molecule has 0 bridgehead atoms. The number of nitrogen functional groups attached to an aromatic ring is 1. The van der Waals surface area contributed by atoms with Crippen molar-refractivity contribution in [1.29, 1.82) is 0 Å². The van der Waals surface area contributed by atoms with Crippen LogP contribution in [0, 0.1) is 5.92 Å². The molecule has 3 rings (SSSR count). The standard InChI is InChI=1S/C14H18FN3O4/c1-7(2)3-5-13-11(19)14(13,21)9(15)10(22-13)18-6-4-8(16)17-12(18)20/h3-7,9-11,19,21H,1-2H3,(H2,16,17,20). The molecule has 120 valence electrons. The SMILES string of the molecule is CC(C)C=CC12OC(n3ccc(N)nc3=O)C(F)C1(O)C2O. The van der Waals surface area contributed by atoms with Crippen molar-refractivity contribution in [1.82, 2.24) is 9.55 Å². The molecule has 0 amide bonds. The minimum atomic E-state index is -2.07. The van der Waals surface area contributed by atoms with Gasteiger partial charge in [-0.2, -0.15) is 4.98 Å². The molecule has 5 atom stereocenters. The van der Waals surface area contributed by atoms with E-state index in [9.17, 15) is 19.4 Å². The van der Waals surface area contributed by atoms with Gasteiger partial charge in [0, 0.05) is 6.20 Å². The van der Waals surface area contributed by atoms with Crippen LogP contribution >= 0.6 is 0 Å². The lowest BCUT2D eigenvalue weighted by Crippen LogP contribution is -2.38. The second-order valence-electron chi connectivity index (χ2n) is 6.08. The van der Waals surface area contributed by atoms with Gasteiger partial charge >= 0.3 is 5.69 Å². The summed E-state index contributed by atoms with van der Waals surface area (Å²) < 4.78 is 21.1. The number of anilines is 1. The zero-order valence-electron chi connectivity index (χ0n) is 12.2. The van der Waals surface area contributed by atoms with Gasteiger partial charge in [0.1, 0.15) is 11.9 Å². The molecule has 7 nitrogen and oxygen atoms in total. The minimum Gasteiger partial charge on any atom is -0.386 e. The molecule has 1 aromatic heterocycles. The second-order valence-corrected chi connectivity index (χ2v) is 6.08. The van der Waals surface area contributed by atoms with Gasteiger partial charge in [-0.05, 0) is 12.0 Å². The van der Waals surface area contributed by atoms with Gasteiger partial charge in [-0.15, -0.1) is 0 Å². The first-order valence-electron chi connectivity index (χ1n) is 7.00. The largest absolute Gasteiger partial charge is 0.386 e. The number of nitrogens with zero attached hydrogens (tertiary/aromatic N) is 2. The van der Waals surface area contributed by atoms with Gasteiger partial charge in [-0.3, -0.25) is 4.57 Å². The summed E-state index contributed by atoms with van der Waals surface area (Å²) in [5.74, 6) is 0.140. The van der Waals surface area contributed by atoms with Crippen LogP contribution in [0.2, 0.25) is 0 Å². The van der Waals surface area contributed by atoms with Crippen molar-refractivity contribution < 1.29 is 19.3 Å². The number of aliphatic hydroxyl groups is 2. The van der Waals surface area contributed by atoms with Crippen molar-refractivity contribution >= 4 is 5.82 Å². The molecule has 2 fully saturated rings. The number of ether oxygens (including phenoxy) is 1. The van der Waals surface area contributed by atoms with Crippen LogP contribution in [0.25, 0.3) is 0 Å². The van der Waals surface area contributed by atoms with Crippen LogP contribution in [-0.2, 0) is 4.74 Å². The fraction of sp³-hybridized carbons (Fsp3) is 0.571. The van der Waals surface area contributed by atoms with Gasteiger partial charge in [0.2, 0.25) is 0 Å². The molecule has 0 radical (unpaired) electrons. The van der Waals surface area contributed by atoms with Crippen molar-refractivity contribution in [2.75, 3.05) is 5.73 Å². The highest BCUT2D eigenvalue weighted by Crippen LogP contribution is 2.64. The maximum atomic E-state index is 14.6. The topological polar surface area (TPSA) is 111 Å². The summed E-state index contributed by atoms with van der Waals surface area (Å²) in [4.78, 5) is 15.3. The molecule has 2 aliphatic rings. The summed E-state index contributed by atoms with van der Waals surface area (Å²) in [6, 6.07) is 1.33. The summed E-state index contributed by atoms with van der Waals surface area (Å²) in [5.41, 5.74) is 1.00. The molecule has 1 saturated carbocycles. The fourth-order valence-corrected chi connectivity index (χ4v) is 2.88. The molecule has 1 aliphatic heterocycles. The molecular weight excluding hydrogens is 293 g/mol. The van der Waals surface area contributed by atoms with Crippen LogP contribution in [-0.4, -0.2) is 43.2 Å². The third-order valence-electron chi connectivity index (χ3n) is 4.21. The molecule has 4 N–H and O–H groups in total. The van der Waals surface area contributed by atoms with E-state index in [1.54, 1.807) is 6.08 Å². The highest BCUT2D eigenvalue weighted by Gasteiger charge is 2.87. The van der Waals surface area contributed by atoms with E-state index in [0.29, 0.717) is 0 Å². The number of fused-ring (bicyclic) bond motifs is 1. The Morgan fingerprint density at radius 2 is 2.27 bits per heavy atom. The maximum absolute atomic E-state index is 14.6. The van der Waals surface area contributed by atoms with E-state index in [1.807, 2.05) is 13.8 Å². The van der Waals surface area contributed by atoms with Crippen LogP contribution in [0.3, 0.4) is 0 Å². The summed E-state index contributed by atoms with van der Waals surface area (Å²) in [6.45, 7) is 3.80. The number of nitrogens with two attached hydrogens (primary N) is 1. The van der Waals surface area contributed by atoms with Crippen LogP contribution in [0.4, 0.5) is 10.2 Å². The van der Waals surface area contributed by atoms with Gasteiger partial charge in [-0.25, -0.2) is 9.18 Å². The van der Waals surface area contributed by atoms with Crippen molar-refractivity contribution in [2.24, 2.45) is 5.92 Å². The predicted octanol–water partition coefficient (Wildman–Crippen LogP) is -0.251. The van der Waals surface area contributed by atoms with Gasteiger partial charge in [0.25, 0.3) is 0 Å². The molecule has 1 saturated heterocycles. The lowest BCUT2D eigenvalue weighted by atomic mass is 10.1. The number of hydrogen-bond donors (Lipinski definition) is 3. The molecule has 8 heteroatoms. The number of aromatic nitrogens is 2. The van der Waals surface area contributed by atoms with Gasteiger partial charge in [-0.1, -0.05) is 26.0 Å². The van der Waals surface area contributed by atoms with E-state index in [0.717, 1.165) is 4.57 Å². The molecular formula is C14H18FN3O4.